The van der Waals surface area contributed by atoms with E-state index in [-0.39, 0.29) is 33.1 Å². The summed E-state index contributed by atoms with van der Waals surface area (Å²) in [5.74, 6) is -1.47. The predicted molar refractivity (Wildman–Crippen MR) is 69.4 cm³/mol. The maximum absolute atomic E-state index is 11.8. The third-order valence-corrected chi connectivity index (χ3v) is 3.67. The van der Waals surface area contributed by atoms with E-state index in [9.17, 15) is 9.59 Å². The van der Waals surface area contributed by atoms with Gasteiger partial charge in [0.1, 0.15) is 5.56 Å². The molecule has 18 heavy (non-hydrogen) atoms. The van der Waals surface area contributed by atoms with Crippen molar-refractivity contribution in [2.45, 2.75) is 19.3 Å². The molecule has 4 nitrogen and oxygen atoms in total. The molecule has 96 valence electrons. The second-order valence-corrected chi connectivity index (χ2v) is 5.02. The molecule has 0 radical (unpaired) electrons. The first-order valence-electron chi connectivity index (χ1n) is 5.53. The van der Waals surface area contributed by atoms with E-state index in [1.165, 1.54) is 12.1 Å². The lowest BCUT2D eigenvalue weighted by Crippen LogP contribution is -2.28. The number of rotatable bonds is 3. The van der Waals surface area contributed by atoms with Crippen LogP contribution in [0, 0.1) is 5.92 Å². The number of anilines is 1. The van der Waals surface area contributed by atoms with Gasteiger partial charge in [-0.15, -0.1) is 0 Å². The topological polar surface area (TPSA) is 66.4 Å². The van der Waals surface area contributed by atoms with Crippen LogP contribution in [0.25, 0.3) is 0 Å². The number of carbonyl (C=O) groups is 2. The molecule has 0 saturated heterocycles. The summed E-state index contributed by atoms with van der Waals surface area (Å²) in [6.45, 7) is 0. The number of aromatic carboxylic acids is 1. The van der Waals surface area contributed by atoms with Crippen LogP contribution in [0.3, 0.4) is 0 Å². The summed E-state index contributed by atoms with van der Waals surface area (Å²) in [4.78, 5) is 23.0. The quantitative estimate of drug-likeness (QED) is 0.895. The molecule has 1 fully saturated rings. The minimum absolute atomic E-state index is 0.0517. The maximum atomic E-state index is 11.8. The van der Waals surface area contributed by atoms with Crippen LogP contribution in [0.5, 0.6) is 0 Å². The van der Waals surface area contributed by atoms with Gasteiger partial charge in [0.25, 0.3) is 0 Å². The number of carboxylic acid groups (broad SMARTS) is 1. The number of halogens is 2. The fraction of sp³-hybridized carbons (Fsp3) is 0.333. The van der Waals surface area contributed by atoms with Gasteiger partial charge in [-0.2, -0.15) is 0 Å². The van der Waals surface area contributed by atoms with E-state index in [0.29, 0.717) is 0 Å². The van der Waals surface area contributed by atoms with E-state index >= 15 is 0 Å². The fourth-order valence-electron chi connectivity index (χ4n) is 1.78. The molecule has 6 heteroatoms. The average molecular weight is 288 g/mol. The first kappa shape index (κ1) is 13.2. The van der Waals surface area contributed by atoms with Gasteiger partial charge in [-0.25, -0.2) is 4.79 Å². The molecule has 0 spiro atoms. The highest BCUT2D eigenvalue weighted by Gasteiger charge is 2.27. The standard InChI is InChI=1S/C12H11Cl2NO3/c13-7-4-5-8(14)10(9(7)12(17)18)15-11(16)6-2-1-3-6/h4-6H,1-3H2,(H,15,16)(H,17,18). The SMILES string of the molecule is O=C(O)c1c(Cl)ccc(Cl)c1NC(=O)C1CCC1. The third-order valence-electron chi connectivity index (χ3n) is 3.04. The summed E-state index contributed by atoms with van der Waals surface area (Å²) < 4.78 is 0. The Balaban J connectivity index is 2.33. The smallest absolute Gasteiger partial charge is 0.339 e. The van der Waals surface area contributed by atoms with E-state index in [0.717, 1.165) is 19.3 Å². The van der Waals surface area contributed by atoms with Crippen LogP contribution in [0.4, 0.5) is 5.69 Å². The number of nitrogens with one attached hydrogen (secondary N) is 1. The molecule has 0 aliphatic heterocycles. The van der Waals surface area contributed by atoms with Gasteiger partial charge in [0, 0.05) is 5.92 Å². The molecule has 0 bridgehead atoms. The molecule has 1 aliphatic rings. The highest BCUT2D eigenvalue weighted by Crippen LogP contribution is 2.34. The molecule has 2 N–H and O–H groups in total. The lowest BCUT2D eigenvalue weighted by Gasteiger charge is -2.24. The number of hydrogen-bond donors (Lipinski definition) is 2. The highest BCUT2D eigenvalue weighted by molar-refractivity contribution is 6.38. The zero-order valence-corrected chi connectivity index (χ0v) is 10.9. The molecular weight excluding hydrogens is 277 g/mol. The summed E-state index contributed by atoms with van der Waals surface area (Å²) in [6.07, 6.45) is 2.67. The summed E-state index contributed by atoms with van der Waals surface area (Å²) in [7, 11) is 0. The first-order valence-corrected chi connectivity index (χ1v) is 6.28. The maximum Gasteiger partial charge on any atom is 0.339 e. The molecule has 0 aromatic heterocycles. The number of carbonyl (C=O) groups excluding carboxylic acids is 1. The van der Waals surface area contributed by atoms with Crippen LogP contribution >= 0.6 is 23.2 Å². The van der Waals surface area contributed by atoms with Crippen LogP contribution in [-0.2, 0) is 4.79 Å². The Labute approximate surface area is 114 Å². The van der Waals surface area contributed by atoms with E-state index in [4.69, 9.17) is 28.3 Å². The van der Waals surface area contributed by atoms with E-state index in [1.54, 1.807) is 0 Å². The zero-order valence-electron chi connectivity index (χ0n) is 9.37. The van der Waals surface area contributed by atoms with Gasteiger partial charge in [0.05, 0.1) is 15.7 Å². The Morgan fingerprint density at radius 1 is 1.22 bits per heavy atom. The van der Waals surface area contributed by atoms with Crippen molar-refractivity contribution in [2.24, 2.45) is 5.92 Å². The van der Waals surface area contributed by atoms with Crippen molar-refractivity contribution in [3.8, 4) is 0 Å². The van der Waals surface area contributed by atoms with E-state index < -0.39 is 5.97 Å². The molecule has 1 aliphatic carbocycles. The Bertz CT molecular complexity index is 512. The van der Waals surface area contributed by atoms with Crippen LogP contribution in [0.2, 0.25) is 10.0 Å². The van der Waals surface area contributed by atoms with Crippen molar-refractivity contribution < 1.29 is 14.7 Å². The van der Waals surface area contributed by atoms with Gasteiger partial charge in [-0.1, -0.05) is 29.6 Å². The monoisotopic (exact) mass is 287 g/mol. The molecule has 1 amide bonds. The zero-order chi connectivity index (χ0) is 13.3. The van der Waals surface area contributed by atoms with Crippen LogP contribution < -0.4 is 5.32 Å². The van der Waals surface area contributed by atoms with Gasteiger partial charge < -0.3 is 10.4 Å². The molecule has 1 aromatic carbocycles. The summed E-state index contributed by atoms with van der Waals surface area (Å²) >= 11 is 11.7. The normalized spacial score (nSPS) is 15.0. The van der Waals surface area contributed by atoms with Crippen LogP contribution in [-0.4, -0.2) is 17.0 Å². The Morgan fingerprint density at radius 2 is 1.83 bits per heavy atom. The largest absolute Gasteiger partial charge is 0.478 e. The van der Waals surface area contributed by atoms with Crippen LogP contribution in [0.15, 0.2) is 12.1 Å². The minimum Gasteiger partial charge on any atom is -0.478 e. The highest BCUT2D eigenvalue weighted by atomic mass is 35.5. The van der Waals surface area contributed by atoms with Gasteiger partial charge in [-0.3, -0.25) is 4.79 Å². The second-order valence-electron chi connectivity index (χ2n) is 4.20. The summed E-state index contributed by atoms with van der Waals surface area (Å²) in [6, 6.07) is 2.86. The van der Waals surface area contributed by atoms with Crippen molar-refractivity contribution in [1.82, 2.24) is 0 Å². The van der Waals surface area contributed by atoms with E-state index in [2.05, 4.69) is 5.32 Å². The van der Waals surface area contributed by atoms with Crippen molar-refractivity contribution in [3.63, 3.8) is 0 Å². The van der Waals surface area contributed by atoms with Crippen molar-refractivity contribution in [3.05, 3.63) is 27.7 Å². The minimum atomic E-state index is -1.22. The Hall–Kier alpha value is -1.26. The molecular formula is C12H11Cl2NO3. The van der Waals surface area contributed by atoms with Crippen molar-refractivity contribution in [1.29, 1.82) is 0 Å². The summed E-state index contributed by atoms with van der Waals surface area (Å²) in [5, 5.41) is 11.9. The Kier molecular flexibility index (Phi) is 3.78. The van der Waals surface area contributed by atoms with Crippen LogP contribution in [0.1, 0.15) is 29.6 Å². The van der Waals surface area contributed by atoms with Gasteiger partial charge >= 0.3 is 5.97 Å². The summed E-state index contributed by atoms with van der Waals surface area (Å²) in [5.41, 5.74) is -0.0922. The van der Waals surface area contributed by atoms with Gasteiger partial charge in [-0.05, 0) is 25.0 Å². The van der Waals surface area contributed by atoms with Crippen molar-refractivity contribution in [2.75, 3.05) is 5.32 Å². The lowest BCUT2D eigenvalue weighted by atomic mass is 9.85. The molecule has 1 aromatic rings. The third kappa shape index (κ3) is 2.44. The number of amides is 1. The Morgan fingerprint density at radius 3 is 2.33 bits per heavy atom. The van der Waals surface area contributed by atoms with Crippen molar-refractivity contribution >= 4 is 40.8 Å². The lowest BCUT2D eigenvalue weighted by molar-refractivity contribution is -0.122. The number of hydrogen-bond acceptors (Lipinski definition) is 2. The first-order chi connectivity index (χ1) is 8.50. The fourth-order valence-corrected chi connectivity index (χ4v) is 2.22. The predicted octanol–water partition coefficient (Wildman–Crippen LogP) is 3.43. The molecule has 0 heterocycles. The molecule has 0 unspecified atom stereocenters. The average Bonchev–Trinajstić information content (AvgIpc) is 2.20. The molecule has 1 saturated carbocycles. The second kappa shape index (κ2) is 5.16. The van der Waals surface area contributed by atoms with Gasteiger partial charge in [0.2, 0.25) is 5.91 Å². The molecule has 0 atom stereocenters. The van der Waals surface area contributed by atoms with E-state index in [1.807, 2.05) is 0 Å². The molecule has 2 rings (SSSR count). The van der Waals surface area contributed by atoms with Gasteiger partial charge in [0.15, 0.2) is 0 Å². The number of carboxylic acids is 1. The number of benzene rings is 1.